The van der Waals surface area contributed by atoms with Gasteiger partial charge in [0.05, 0.1) is 10.7 Å². The molecule has 0 aliphatic heterocycles. The van der Waals surface area contributed by atoms with Crippen molar-refractivity contribution in [3.8, 4) is 0 Å². The molecule has 0 saturated carbocycles. The maximum atomic E-state index is 11.7. The second-order valence-electron chi connectivity index (χ2n) is 2.68. The van der Waals surface area contributed by atoms with Crippen LogP contribution >= 0.6 is 15.9 Å². The molecule has 0 fully saturated rings. The van der Waals surface area contributed by atoms with Gasteiger partial charge in [-0.3, -0.25) is 4.79 Å². The van der Waals surface area contributed by atoms with E-state index in [0.29, 0.717) is 10.4 Å². The summed E-state index contributed by atoms with van der Waals surface area (Å²) in [7, 11) is 0. The van der Waals surface area contributed by atoms with E-state index in [1.165, 1.54) is 12.5 Å². The second kappa shape index (κ2) is 3.42. The number of ketones is 1. The molecule has 0 aliphatic carbocycles. The molecule has 2 heterocycles. The van der Waals surface area contributed by atoms with Gasteiger partial charge in [0.15, 0.2) is 17.3 Å². The van der Waals surface area contributed by atoms with Gasteiger partial charge in [-0.2, -0.15) is 0 Å². The quantitative estimate of drug-likeness (QED) is 0.775. The normalized spacial score (nSPS) is 10.4. The molecule has 0 bridgehead atoms. The molecule has 72 valence electrons. The van der Waals surface area contributed by atoms with Gasteiger partial charge in [-0.05, 0) is 22.0 Å². The lowest BCUT2D eigenvalue weighted by Crippen LogP contribution is -2.00. The van der Waals surface area contributed by atoms with Crippen LogP contribution in [-0.2, 0) is 0 Å². The summed E-state index contributed by atoms with van der Waals surface area (Å²) in [6, 6.07) is 1.65. The van der Waals surface area contributed by atoms with Crippen LogP contribution in [0.5, 0.6) is 0 Å². The predicted molar refractivity (Wildman–Crippen MR) is 51.1 cm³/mol. The fourth-order valence-corrected chi connectivity index (χ4v) is 1.42. The van der Waals surface area contributed by atoms with Crippen LogP contribution in [0.2, 0.25) is 0 Å². The number of nitrogens with zero attached hydrogens (tertiary/aromatic N) is 1. The Labute approximate surface area is 88.1 Å². The van der Waals surface area contributed by atoms with Crippen LogP contribution in [0.15, 0.2) is 31.9 Å². The molecule has 2 aromatic rings. The van der Waals surface area contributed by atoms with E-state index in [4.69, 9.17) is 8.83 Å². The number of carbonyl (C=O) groups excluding carboxylic acids is 1. The fraction of sp³-hybridized carbons (Fsp3) is 0.111. The standard InChI is InChI=1S/C9H6BrNO3/c1-5-11-7(4-14-5)8(12)9-6(10)2-3-13-9/h2-4H,1H3. The highest BCUT2D eigenvalue weighted by Gasteiger charge is 2.18. The molecule has 5 heteroatoms. The zero-order chi connectivity index (χ0) is 10.1. The van der Waals surface area contributed by atoms with Crippen molar-refractivity contribution in [1.82, 2.24) is 4.98 Å². The Morgan fingerprint density at radius 3 is 2.79 bits per heavy atom. The molecule has 0 amide bonds. The number of furan rings is 1. The minimum atomic E-state index is -0.293. The van der Waals surface area contributed by atoms with Gasteiger partial charge in [0, 0.05) is 6.92 Å². The molecule has 4 nitrogen and oxygen atoms in total. The van der Waals surface area contributed by atoms with Crippen molar-refractivity contribution >= 4 is 21.7 Å². The number of aryl methyl sites for hydroxylation is 1. The van der Waals surface area contributed by atoms with Gasteiger partial charge in [-0.15, -0.1) is 0 Å². The SMILES string of the molecule is Cc1nc(C(=O)c2occc2Br)co1. The summed E-state index contributed by atoms with van der Waals surface area (Å²) < 4.78 is 10.6. The summed E-state index contributed by atoms with van der Waals surface area (Å²) in [5.41, 5.74) is 0.248. The zero-order valence-corrected chi connectivity index (χ0v) is 8.87. The summed E-state index contributed by atoms with van der Waals surface area (Å²) in [5, 5.41) is 0. The maximum absolute atomic E-state index is 11.7. The highest BCUT2D eigenvalue weighted by molar-refractivity contribution is 9.10. The average molecular weight is 256 g/mol. The van der Waals surface area contributed by atoms with Crippen LogP contribution in [0.25, 0.3) is 0 Å². The van der Waals surface area contributed by atoms with Gasteiger partial charge < -0.3 is 8.83 Å². The minimum absolute atomic E-state index is 0.235. The number of hydrogen-bond donors (Lipinski definition) is 0. The molecule has 0 aliphatic rings. The van der Waals surface area contributed by atoms with Gasteiger partial charge in [0.2, 0.25) is 0 Å². The first-order valence-corrected chi connectivity index (χ1v) is 4.67. The Morgan fingerprint density at radius 2 is 2.29 bits per heavy atom. The second-order valence-corrected chi connectivity index (χ2v) is 3.53. The molecule has 14 heavy (non-hydrogen) atoms. The van der Waals surface area contributed by atoms with E-state index in [0.717, 1.165) is 0 Å². The molecule has 2 aromatic heterocycles. The summed E-state index contributed by atoms with van der Waals surface area (Å²) in [4.78, 5) is 15.6. The molecule has 0 saturated heterocycles. The number of aromatic nitrogens is 1. The van der Waals surface area contributed by atoms with E-state index in [2.05, 4.69) is 20.9 Å². The number of halogens is 1. The van der Waals surface area contributed by atoms with Crippen molar-refractivity contribution in [2.75, 3.05) is 0 Å². The van der Waals surface area contributed by atoms with Gasteiger partial charge in [0.25, 0.3) is 5.78 Å². The lowest BCUT2D eigenvalue weighted by Gasteiger charge is -1.90. The van der Waals surface area contributed by atoms with Crippen molar-refractivity contribution in [3.05, 3.63) is 40.4 Å². The first kappa shape index (κ1) is 9.21. The zero-order valence-electron chi connectivity index (χ0n) is 7.28. The van der Waals surface area contributed by atoms with Gasteiger partial charge in [-0.1, -0.05) is 0 Å². The van der Waals surface area contributed by atoms with Crippen molar-refractivity contribution in [1.29, 1.82) is 0 Å². The van der Waals surface area contributed by atoms with Crippen molar-refractivity contribution < 1.29 is 13.6 Å². The van der Waals surface area contributed by atoms with Crippen LogP contribution in [-0.4, -0.2) is 10.8 Å². The van der Waals surface area contributed by atoms with Crippen LogP contribution in [0, 0.1) is 6.92 Å². The highest BCUT2D eigenvalue weighted by atomic mass is 79.9. The summed E-state index contributed by atoms with van der Waals surface area (Å²) in [6.45, 7) is 1.67. The van der Waals surface area contributed by atoms with E-state index in [1.54, 1.807) is 13.0 Å². The molecule has 0 atom stereocenters. The van der Waals surface area contributed by atoms with Gasteiger partial charge in [-0.25, -0.2) is 4.98 Å². The minimum Gasteiger partial charge on any atom is -0.460 e. The molecule has 0 radical (unpaired) electrons. The highest BCUT2D eigenvalue weighted by Crippen LogP contribution is 2.20. The first-order chi connectivity index (χ1) is 6.68. The summed E-state index contributed by atoms with van der Waals surface area (Å²) >= 11 is 3.20. The summed E-state index contributed by atoms with van der Waals surface area (Å²) in [5.74, 6) is 0.396. The Balaban J connectivity index is 2.38. The number of hydrogen-bond acceptors (Lipinski definition) is 4. The van der Waals surface area contributed by atoms with E-state index in [9.17, 15) is 4.79 Å². The van der Waals surface area contributed by atoms with Gasteiger partial charge >= 0.3 is 0 Å². The Hall–Kier alpha value is -1.36. The van der Waals surface area contributed by atoms with E-state index >= 15 is 0 Å². The molecule has 0 spiro atoms. The van der Waals surface area contributed by atoms with Crippen LogP contribution in [0.4, 0.5) is 0 Å². The van der Waals surface area contributed by atoms with E-state index in [1.807, 2.05) is 0 Å². The van der Waals surface area contributed by atoms with Gasteiger partial charge in [0.1, 0.15) is 6.26 Å². The first-order valence-electron chi connectivity index (χ1n) is 3.88. The molecule has 0 N–H and O–H groups in total. The maximum Gasteiger partial charge on any atom is 0.250 e. The Bertz CT molecular complexity index is 472. The molecular weight excluding hydrogens is 250 g/mol. The topological polar surface area (TPSA) is 56.2 Å². The van der Waals surface area contributed by atoms with Crippen molar-refractivity contribution in [2.45, 2.75) is 6.92 Å². The van der Waals surface area contributed by atoms with Crippen LogP contribution in [0.1, 0.15) is 22.1 Å². The van der Waals surface area contributed by atoms with E-state index in [-0.39, 0.29) is 17.2 Å². The number of rotatable bonds is 2. The van der Waals surface area contributed by atoms with Crippen LogP contribution in [0.3, 0.4) is 0 Å². The third kappa shape index (κ3) is 1.50. The smallest absolute Gasteiger partial charge is 0.250 e. The fourth-order valence-electron chi connectivity index (χ4n) is 1.04. The number of carbonyl (C=O) groups is 1. The lowest BCUT2D eigenvalue weighted by atomic mass is 10.2. The number of oxazole rings is 1. The molecule has 0 unspecified atom stereocenters. The Morgan fingerprint density at radius 1 is 1.50 bits per heavy atom. The third-order valence-electron chi connectivity index (χ3n) is 1.68. The molecule has 0 aromatic carbocycles. The average Bonchev–Trinajstić information content (AvgIpc) is 2.73. The van der Waals surface area contributed by atoms with Crippen molar-refractivity contribution in [2.24, 2.45) is 0 Å². The summed E-state index contributed by atoms with van der Waals surface area (Å²) in [6.07, 6.45) is 2.75. The predicted octanol–water partition coefficient (Wildman–Crippen LogP) is 2.57. The Kier molecular flexibility index (Phi) is 2.25. The third-order valence-corrected chi connectivity index (χ3v) is 2.30. The lowest BCUT2D eigenvalue weighted by molar-refractivity contribution is 0.100. The van der Waals surface area contributed by atoms with Crippen molar-refractivity contribution in [3.63, 3.8) is 0 Å². The molecule has 2 rings (SSSR count). The van der Waals surface area contributed by atoms with E-state index < -0.39 is 0 Å². The van der Waals surface area contributed by atoms with Crippen LogP contribution < -0.4 is 0 Å². The molecular formula is C9H6BrNO3. The largest absolute Gasteiger partial charge is 0.460 e. The monoisotopic (exact) mass is 255 g/mol.